The highest BCUT2D eigenvalue weighted by Gasteiger charge is 2.34. The lowest BCUT2D eigenvalue weighted by Gasteiger charge is -2.16. The SMILES string of the molecule is O=C(NN1C(=O)/C(=C/c2cn(-c3ccccc3)nc2-c2ccc(F)cc2)SC1=S)c1ccccc1Cl. The summed E-state index contributed by atoms with van der Waals surface area (Å²) in [6.07, 6.45) is 3.44. The van der Waals surface area contributed by atoms with Gasteiger partial charge in [0.15, 0.2) is 4.32 Å². The number of benzene rings is 3. The molecule has 1 aromatic heterocycles. The standard InChI is InChI=1S/C26H16ClFN4O2S2/c27-21-9-5-4-8-20(21)24(33)30-32-25(34)22(36-26(32)35)14-17-15-31(19-6-2-1-3-7-19)29-23(17)16-10-12-18(28)13-11-16/h1-15H,(H,30,33)/b22-14-. The van der Waals surface area contributed by atoms with E-state index in [0.29, 0.717) is 21.7 Å². The number of hydrazine groups is 1. The summed E-state index contributed by atoms with van der Waals surface area (Å²) in [5, 5.41) is 5.96. The monoisotopic (exact) mass is 534 g/mol. The van der Waals surface area contributed by atoms with Crippen LogP contribution in [0.25, 0.3) is 23.0 Å². The van der Waals surface area contributed by atoms with Gasteiger partial charge in [-0.2, -0.15) is 10.1 Å². The van der Waals surface area contributed by atoms with Crippen LogP contribution in [0.3, 0.4) is 0 Å². The number of halogens is 2. The Balaban J connectivity index is 1.48. The Morgan fingerprint density at radius 1 is 1.03 bits per heavy atom. The van der Waals surface area contributed by atoms with Crippen molar-refractivity contribution in [1.82, 2.24) is 20.2 Å². The van der Waals surface area contributed by atoms with E-state index in [0.717, 1.165) is 22.5 Å². The molecule has 1 saturated heterocycles. The summed E-state index contributed by atoms with van der Waals surface area (Å²) < 4.78 is 15.4. The van der Waals surface area contributed by atoms with Crippen molar-refractivity contribution in [3.8, 4) is 16.9 Å². The lowest BCUT2D eigenvalue weighted by atomic mass is 10.1. The first-order chi connectivity index (χ1) is 17.4. The summed E-state index contributed by atoms with van der Waals surface area (Å²) in [5.41, 5.74) is 5.44. The van der Waals surface area contributed by atoms with E-state index < -0.39 is 11.8 Å². The fourth-order valence-electron chi connectivity index (χ4n) is 3.55. The number of hydrogen-bond donors (Lipinski definition) is 1. The summed E-state index contributed by atoms with van der Waals surface area (Å²) >= 11 is 12.5. The van der Waals surface area contributed by atoms with Gasteiger partial charge in [-0.25, -0.2) is 9.07 Å². The first kappa shape index (κ1) is 23.9. The molecule has 2 amide bonds. The second kappa shape index (κ2) is 10.1. The van der Waals surface area contributed by atoms with Gasteiger partial charge in [-0.15, -0.1) is 0 Å². The maximum absolute atomic E-state index is 13.5. The molecule has 2 heterocycles. The van der Waals surface area contributed by atoms with Gasteiger partial charge in [0.2, 0.25) is 0 Å². The minimum atomic E-state index is -0.554. The number of aromatic nitrogens is 2. The fraction of sp³-hybridized carbons (Fsp3) is 0. The molecule has 1 fully saturated rings. The van der Waals surface area contributed by atoms with Crippen LogP contribution in [0.5, 0.6) is 0 Å². The van der Waals surface area contributed by atoms with Crippen molar-refractivity contribution in [1.29, 1.82) is 0 Å². The van der Waals surface area contributed by atoms with Crippen molar-refractivity contribution in [3.63, 3.8) is 0 Å². The molecule has 178 valence electrons. The number of nitrogens with one attached hydrogen (secondary N) is 1. The van der Waals surface area contributed by atoms with Crippen LogP contribution in [-0.4, -0.2) is 30.9 Å². The minimum absolute atomic E-state index is 0.172. The predicted octanol–water partition coefficient (Wildman–Crippen LogP) is 5.88. The normalized spacial score (nSPS) is 14.5. The van der Waals surface area contributed by atoms with Crippen LogP contribution in [0.2, 0.25) is 5.02 Å². The van der Waals surface area contributed by atoms with Crippen LogP contribution < -0.4 is 5.43 Å². The highest BCUT2D eigenvalue weighted by molar-refractivity contribution is 8.26. The number of carbonyl (C=O) groups is 2. The van der Waals surface area contributed by atoms with E-state index in [1.807, 2.05) is 30.3 Å². The highest BCUT2D eigenvalue weighted by Crippen LogP contribution is 2.34. The van der Waals surface area contributed by atoms with Gasteiger partial charge in [0, 0.05) is 17.3 Å². The summed E-state index contributed by atoms with van der Waals surface area (Å²) in [5.74, 6) is -1.40. The van der Waals surface area contributed by atoms with Gasteiger partial charge in [0.25, 0.3) is 11.8 Å². The molecular weight excluding hydrogens is 519 g/mol. The zero-order valence-electron chi connectivity index (χ0n) is 18.4. The van der Waals surface area contributed by atoms with Gasteiger partial charge >= 0.3 is 0 Å². The molecule has 6 nitrogen and oxygen atoms in total. The molecule has 4 aromatic rings. The molecular formula is C26H16ClFN4O2S2. The first-order valence-electron chi connectivity index (χ1n) is 10.7. The Hall–Kier alpha value is -3.79. The van der Waals surface area contributed by atoms with Gasteiger partial charge < -0.3 is 0 Å². The molecule has 1 aliphatic heterocycles. The third kappa shape index (κ3) is 4.81. The second-order valence-electron chi connectivity index (χ2n) is 7.66. The number of thiocarbonyl (C=S) groups is 1. The average molecular weight is 535 g/mol. The van der Waals surface area contributed by atoms with E-state index in [9.17, 15) is 14.0 Å². The van der Waals surface area contributed by atoms with E-state index in [1.165, 1.54) is 12.1 Å². The average Bonchev–Trinajstić information content (AvgIpc) is 3.42. The third-order valence-electron chi connectivity index (χ3n) is 5.29. The van der Waals surface area contributed by atoms with Gasteiger partial charge in [-0.1, -0.05) is 53.7 Å². The Morgan fingerprint density at radius 3 is 2.44 bits per heavy atom. The Bertz CT molecular complexity index is 1520. The van der Waals surface area contributed by atoms with E-state index >= 15 is 0 Å². The molecule has 10 heteroatoms. The Morgan fingerprint density at radius 2 is 1.72 bits per heavy atom. The molecule has 0 atom stereocenters. The zero-order chi connectivity index (χ0) is 25.2. The van der Waals surface area contributed by atoms with Crippen molar-refractivity contribution < 1.29 is 14.0 Å². The summed E-state index contributed by atoms with van der Waals surface area (Å²) in [6.45, 7) is 0. The zero-order valence-corrected chi connectivity index (χ0v) is 20.8. The molecule has 0 spiro atoms. The van der Waals surface area contributed by atoms with E-state index in [2.05, 4.69) is 10.5 Å². The maximum atomic E-state index is 13.5. The van der Waals surface area contributed by atoms with Crippen molar-refractivity contribution >= 4 is 57.8 Å². The molecule has 5 rings (SSSR count). The van der Waals surface area contributed by atoms with E-state index in [4.69, 9.17) is 23.8 Å². The van der Waals surface area contributed by atoms with Crippen LogP contribution in [0.4, 0.5) is 4.39 Å². The molecule has 0 unspecified atom stereocenters. The largest absolute Gasteiger partial charge is 0.285 e. The molecule has 0 aliphatic carbocycles. The molecule has 1 aliphatic rings. The lowest BCUT2D eigenvalue weighted by Crippen LogP contribution is -2.44. The van der Waals surface area contributed by atoms with E-state index in [1.54, 1.807) is 53.4 Å². The van der Waals surface area contributed by atoms with Crippen LogP contribution in [0.1, 0.15) is 15.9 Å². The first-order valence-corrected chi connectivity index (χ1v) is 12.3. The smallest absolute Gasteiger partial charge is 0.267 e. The van der Waals surface area contributed by atoms with Crippen LogP contribution >= 0.6 is 35.6 Å². The number of carbonyl (C=O) groups excluding carboxylic acids is 2. The summed E-state index contributed by atoms with van der Waals surface area (Å²) in [4.78, 5) is 26.2. The summed E-state index contributed by atoms with van der Waals surface area (Å²) in [7, 11) is 0. The van der Waals surface area contributed by atoms with Crippen molar-refractivity contribution in [3.05, 3.63) is 112 Å². The van der Waals surface area contributed by atoms with Gasteiger partial charge in [0.05, 0.1) is 26.9 Å². The molecule has 1 N–H and O–H groups in total. The quantitative estimate of drug-likeness (QED) is 0.256. The van der Waals surface area contributed by atoms with Gasteiger partial charge in [-0.05, 0) is 66.8 Å². The molecule has 0 saturated carbocycles. The predicted molar refractivity (Wildman–Crippen MR) is 143 cm³/mol. The number of thioether (sulfide) groups is 1. The second-order valence-corrected chi connectivity index (χ2v) is 9.74. The highest BCUT2D eigenvalue weighted by atomic mass is 35.5. The third-order valence-corrected chi connectivity index (χ3v) is 6.92. The maximum Gasteiger partial charge on any atom is 0.285 e. The minimum Gasteiger partial charge on any atom is -0.267 e. The van der Waals surface area contributed by atoms with Gasteiger partial charge in [0.1, 0.15) is 5.82 Å². The fourth-order valence-corrected chi connectivity index (χ4v) is 4.94. The van der Waals surface area contributed by atoms with Crippen molar-refractivity contribution in [2.45, 2.75) is 0 Å². The number of amides is 2. The number of para-hydroxylation sites is 1. The van der Waals surface area contributed by atoms with Crippen LogP contribution in [0.15, 0.2) is 90.0 Å². The number of nitrogens with zero attached hydrogens (tertiary/aromatic N) is 3. The topological polar surface area (TPSA) is 67.2 Å². The number of rotatable bonds is 5. The van der Waals surface area contributed by atoms with Crippen molar-refractivity contribution in [2.24, 2.45) is 0 Å². The van der Waals surface area contributed by atoms with E-state index in [-0.39, 0.29) is 20.7 Å². The lowest BCUT2D eigenvalue weighted by molar-refractivity contribution is -0.123. The van der Waals surface area contributed by atoms with Crippen molar-refractivity contribution in [2.75, 3.05) is 0 Å². The molecule has 3 aromatic carbocycles. The van der Waals surface area contributed by atoms with Crippen LogP contribution in [0, 0.1) is 5.82 Å². The molecule has 0 radical (unpaired) electrons. The van der Waals surface area contributed by atoms with Crippen LogP contribution in [-0.2, 0) is 4.79 Å². The number of hydrogen-bond acceptors (Lipinski definition) is 5. The van der Waals surface area contributed by atoms with Gasteiger partial charge in [-0.3, -0.25) is 15.0 Å². The Kier molecular flexibility index (Phi) is 6.69. The molecule has 0 bridgehead atoms. The summed E-state index contributed by atoms with van der Waals surface area (Å²) in [6, 6.07) is 21.9. The Labute approximate surface area is 220 Å². The molecule has 36 heavy (non-hydrogen) atoms.